The van der Waals surface area contributed by atoms with E-state index in [2.05, 4.69) is 65.6 Å². The first-order valence-corrected chi connectivity index (χ1v) is 23.5. The monoisotopic (exact) mass is 934 g/mol. The van der Waals surface area contributed by atoms with E-state index in [-0.39, 0.29) is 11.1 Å². The number of furan rings is 1. The fraction of sp³-hybridized carbons (Fsp3) is 0.130. The molecule has 0 N–H and O–H groups in total. The highest BCUT2D eigenvalue weighted by Gasteiger charge is 2.47. The molecule has 2 nitrogen and oxygen atoms in total. The van der Waals surface area contributed by atoms with Gasteiger partial charge in [0.05, 0.1) is 5.41 Å². The normalized spacial score (nSPS) is 17.9. The van der Waals surface area contributed by atoms with Crippen LogP contribution in [-0.4, -0.2) is 0 Å². The SMILES string of the molecule is [2H]C([2H])([2H])C(c1ccc2c(c1)C(c1ccccc1)(c1ccc(-c3cccc4c3oc3c(-c5cccc(N(c6ccccc6)c6ccc(-c7ccccc7)cc6)c5)cccc34)cc1)c1cc(C(C([2H])([2H])[2H])(C([2H])([2H])[2H])C([2H])([2H])[2H])ccc1-2)(C([2H])([2H])[2H])C([2H])([2H])[2H]. The summed E-state index contributed by atoms with van der Waals surface area (Å²) in [6.07, 6.45) is 0. The topological polar surface area (TPSA) is 16.4 Å². The number of benzene rings is 10. The molecule has 0 saturated carbocycles. The molecule has 71 heavy (non-hydrogen) atoms. The Hall–Kier alpha value is -8.20. The first-order valence-electron chi connectivity index (χ1n) is 32.5. The minimum atomic E-state index is -3.66. The molecule has 1 aliphatic rings. The molecule has 0 saturated heterocycles. The van der Waals surface area contributed by atoms with E-state index in [4.69, 9.17) is 29.1 Å². The van der Waals surface area contributed by atoms with Crippen LogP contribution in [0.5, 0.6) is 0 Å². The van der Waals surface area contributed by atoms with E-state index in [1.807, 2.05) is 97.1 Å². The predicted octanol–water partition coefficient (Wildman–Crippen LogP) is 19.0. The molecule has 2 heteroatoms. The van der Waals surface area contributed by atoms with Crippen LogP contribution in [0.15, 0.2) is 241 Å². The molecule has 344 valence electrons. The van der Waals surface area contributed by atoms with Crippen LogP contribution in [0.3, 0.4) is 0 Å². The Labute approximate surface area is 443 Å². The van der Waals surface area contributed by atoms with E-state index in [9.17, 15) is 0 Å². The van der Waals surface area contributed by atoms with Gasteiger partial charge in [-0.25, -0.2) is 0 Å². The van der Waals surface area contributed by atoms with E-state index < -0.39 is 68.5 Å². The lowest BCUT2D eigenvalue weighted by Gasteiger charge is -2.35. The molecule has 12 rings (SSSR count). The van der Waals surface area contributed by atoms with Crippen LogP contribution in [0.4, 0.5) is 17.1 Å². The fourth-order valence-electron chi connectivity index (χ4n) is 10.7. The molecule has 0 radical (unpaired) electrons. The van der Waals surface area contributed by atoms with Gasteiger partial charge in [-0.15, -0.1) is 0 Å². The van der Waals surface area contributed by atoms with Gasteiger partial charge in [0.25, 0.3) is 0 Å². The molecule has 11 aromatic rings. The number of anilines is 3. The van der Waals surface area contributed by atoms with Gasteiger partial charge in [-0.1, -0.05) is 241 Å². The van der Waals surface area contributed by atoms with Gasteiger partial charge < -0.3 is 9.32 Å². The van der Waals surface area contributed by atoms with E-state index in [1.165, 1.54) is 24.3 Å². The van der Waals surface area contributed by atoms with Crippen LogP contribution in [0.2, 0.25) is 0 Å². The van der Waals surface area contributed by atoms with Gasteiger partial charge in [-0.05, 0) is 114 Å². The Balaban J connectivity index is 1.04. The van der Waals surface area contributed by atoms with Crippen LogP contribution in [0, 0.1) is 0 Å². The highest BCUT2D eigenvalue weighted by atomic mass is 16.3. The zero-order valence-electron chi connectivity index (χ0n) is 56.4. The van der Waals surface area contributed by atoms with Gasteiger partial charge in [0.1, 0.15) is 11.2 Å². The number of rotatable bonds is 8. The summed E-state index contributed by atoms with van der Waals surface area (Å²) in [5.41, 5.74) is 1.40. The summed E-state index contributed by atoms with van der Waals surface area (Å²) in [6.45, 7) is -21.9. The van der Waals surface area contributed by atoms with Crippen molar-refractivity contribution in [2.24, 2.45) is 0 Å². The third-order valence-electron chi connectivity index (χ3n) is 14.0. The summed E-state index contributed by atoms with van der Waals surface area (Å²) in [5.74, 6) is 0. The van der Waals surface area contributed by atoms with Crippen LogP contribution >= 0.6 is 0 Å². The summed E-state index contributed by atoms with van der Waals surface area (Å²) in [6, 6.07) is 72.5. The maximum Gasteiger partial charge on any atom is 0.143 e. The van der Waals surface area contributed by atoms with Gasteiger partial charge in [-0.2, -0.15) is 0 Å². The highest BCUT2D eigenvalue weighted by molar-refractivity contribution is 6.13. The van der Waals surface area contributed by atoms with Crippen LogP contribution in [0.25, 0.3) is 66.4 Å². The van der Waals surface area contributed by atoms with Crippen molar-refractivity contribution in [1.29, 1.82) is 0 Å². The predicted molar refractivity (Wildman–Crippen MR) is 299 cm³/mol. The molecule has 10 aromatic carbocycles. The smallest absolute Gasteiger partial charge is 0.143 e. The number of para-hydroxylation sites is 3. The molecule has 0 bridgehead atoms. The Morgan fingerprint density at radius 2 is 0.803 bits per heavy atom. The van der Waals surface area contributed by atoms with Gasteiger partial charge in [0.15, 0.2) is 0 Å². The Morgan fingerprint density at radius 3 is 1.38 bits per heavy atom. The molecular formula is C69H57NO. The van der Waals surface area contributed by atoms with Gasteiger partial charge in [0.2, 0.25) is 0 Å². The minimum absolute atomic E-state index is 0.175. The molecule has 1 aromatic heterocycles. The van der Waals surface area contributed by atoms with E-state index in [0.717, 1.165) is 62.2 Å². The molecule has 0 fully saturated rings. The Morgan fingerprint density at radius 1 is 0.352 bits per heavy atom. The summed E-state index contributed by atoms with van der Waals surface area (Å²) >= 11 is 0. The van der Waals surface area contributed by atoms with E-state index >= 15 is 0 Å². The largest absolute Gasteiger partial charge is 0.455 e. The van der Waals surface area contributed by atoms with Gasteiger partial charge in [-0.3, -0.25) is 0 Å². The lowest BCUT2D eigenvalue weighted by Crippen LogP contribution is -2.29. The summed E-state index contributed by atoms with van der Waals surface area (Å²) < 4.78 is 164. The number of hydrogen-bond donors (Lipinski definition) is 0. The summed E-state index contributed by atoms with van der Waals surface area (Å²) in [5, 5.41) is 1.68. The Kier molecular flexibility index (Phi) is 6.83. The van der Waals surface area contributed by atoms with Crippen molar-refractivity contribution in [3.8, 4) is 44.5 Å². The number of nitrogens with zero attached hydrogens (tertiary/aromatic N) is 1. The zero-order valence-corrected chi connectivity index (χ0v) is 38.4. The van der Waals surface area contributed by atoms with Gasteiger partial charge >= 0.3 is 0 Å². The van der Waals surface area contributed by atoms with Gasteiger partial charge in [0, 0.05) is 63.6 Å². The fourth-order valence-corrected chi connectivity index (χ4v) is 10.7. The first-order chi connectivity index (χ1) is 42.0. The quantitative estimate of drug-likeness (QED) is 0.151. The van der Waals surface area contributed by atoms with E-state index in [1.54, 1.807) is 42.5 Å². The maximum atomic E-state index is 8.72. The van der Waals surface area contributed by atoms with Crippen molar-refractivity contribution in [2.75, 3.05) is 4.90 Å². The highest BCUT2D eigenvalue weighted by Crippen LogP contribution is 2.58. The standard InChI is InChI=1S/C69H57NO/c1-67(2,3)52-37-41-59-60-42-38-53(68(4,5)6)45-64(60)69(63(59)44-52,50-22-12-8-13-23-50)51-35-31-48(32-36-51)57-27-17-29-61-62-30-18-28-58(66(62)71-65(57)61)49-21-16-26-56(43-49)70(54-24-14-9-15-25-54)55-39-33-47(34-40-55)46-19-10-7-11-20-46/h7-45H,1-6H3/i1D3,2D3,3D3,4D3,5D3,6D3. The number of hydrogen-bond acceptors (Lipinski definition) is 2. The average molecular weight is 934 g/mol. The second-order valence-electron chi connectivity index (χ2n) is 18.3. The molecule has 0 spiro atoms. The third kappa shape index (κ3) is 7.49. The zero-order chi connectivity index (χ0) is 63.5. The van der Waals surface area contributed by atoms with Crippen molar-refractivity contribution in [1.82, 2.24) is 0 Å². The van der Waals surface area contributed by atoms with E-state index in [0.29, 0.717) is 44.5 Å². The minimum Gasteiger partial charge on any atom is -0.455 e. The molecular weight excluding hydrogens is 859 g/mol. The molecule has 0 aliphatic heterocycles. The maximum absolute atomic E-state index is 8.72. The van der Waals surface area contributed by atoms with Crippen LogP contribution in [0.1, 0.15) is 99.2 Å². The summed E-state index contributed by atoms with van der Waals surface area (Å²) in [7, 11) is 0. The van der Waals surface area contributed by atoms with Crippen LogP contribution in [-0.2, 0) is 16.2 Å². The second-order valence-corrected chi connectivity index (χ2v) is 18.3. The lowest BCUT2D eigenvalue weighted by molar-refractivity contribution is 0.586. The number of fused-ring (bicyclic) bond motifs is 6. The molecule has 0 unspecified atom stereocenters. The Bertz CT molecular complexity index is 4270. The second kappa shape index (κ2) is 17.0. The van der Waals surface area contributed by atoms with Crippen molar-refractivity contribution in [3.63, 3.8) is 0 Å². The van der Waals surface area contributed by atoms with Crippen LogP contribution < -0.4 is 4.90 Å². The molecule has 0 amide bonds. The molecule has 0 atom stereocenters. The molecule has 1 heterocycles. The van der Waals surface area contributed by atoms with Crippen molar-refractivity contribution < 1.29 is 29.1 Å². The first kappa shape index (κ1) is 28.5. The van der Waals surface area contributed by atoms with Crippen molar-refractivity contribution >= 4 is 39.0 Å². The van der Waals surface area contributed by atoms with Crippen molar-refractivity contribution in [3.05, 3.63) is 270 Å². The molecule has 1 aliphatic carbocycles. The summed E-state index contributed by atoms with van der Waals surface area (Å²) in [4.78, 5) is 2.21. The lowest BCUT2D eigenvalue weighted by atomic mass is 9.66. The third-order valence-corrected chi connectivity index (χ3v) is 14.0. The average Bonchev–Trinajstić information content (AvgIpc) is 1.64. The van der Waals surface area contributed by atoms with Crippen molar-refractivity contribution in [2.45, 2.75) is 57.4 Å².